The molecule has 8 heteroatoms. The van der Waals surface area contributed by atoms with Crippen LogP contribution in [0.2, 0.25) is 0 Å². The molecule has 0 amide bonds. The van der Waals surface area contributed by atoms with Gasteiger partial charge in [0.2, 0.25) is 0 Å². The van der Waals surface area contributed by atoms with Crippen LogP contribution in [0.1, 0.15) is 40.2 Å². The molecule has 1 N–H and O–H groups in total. The van der Waals surface area contributed by atoms with Crippen LogP contribution in [0.15, 0.2) is 23.7 Å². The Hall–Kier alpha value is -0.870. The van der Waals surface area contributed by atoms with Gasteiger partial charge >= 0.3 is 0 Å². The van der Waals surface area contributed by atoms with Gasteiger partial charge in [-0.2, -0.15) is 0 Å². The van der Waals surface area contributed by atoms with Crippen LogP contribution in [-0.2, 0) is 4.74 Å². The van der Waals surface area contributed by atoms with E-state index in [2.05, 4.69) is 58.6 Å². The maximum atomic E-state index is 6.00. The van der Waals surface area contributed by atoms with E-state index < -0.39 is 0 Å². The number of guanidine groups is 1. The molecule has 3 atom stereocenters. The van der Waals surface area contributed by atoms with Crippen molar-refractivity contribution in [1.82, 2.24) is 24.7 Å². The molecule has 3 rings (SSSR count). The molecule has 2 aliphatic rings. The first-order valence-corrected chi connectivity index (χ1v) is 10.9. The third-order valence-corrected chi connectivity index (χ3v) is 5.75. The maximum absolute atomic E-state index is 6.00. The van der Waals surface area contributed by atoms with Gasteiger partial charge in [-0.15, -0.1) is 24.0 Å². The predicted octanol–water partition coefficient (Wildman–Crippen LogP) is 2.71. The third kappa shape index (κ3) is 7.10. The summed E-state index contributed by atoms with van der Waals surface area (Å²) in [4.78, 5) is 14.1. The van der Waals surface area contributed by atoms with Gasteiger partial charge in [0.15, 0.2) is 5.96 Å². The van der Waals surface area contributed by atoms with Crippen molar-refractivity contribution in [2.24, 2.45) is 16.8 Å². The van der Waals surface area contributed by atoms with E-state index in [1.54, 1.807) is 0 Å². The highest BCUT2D eigenvalue weighted by molar-refractivity contribution is 14.0. The Morgan fingerprint density at radius 1 is 1.31 bits per heavy atom. The zero-order valence-corrected chi connectivity index (χ0v) is 20.8. The molecular weight excluding hydrogens is 479 g/mol. The first kappa shape index (κ1) is 24.4. The lowest BCUT2D eigenvalue weighted by Crippen LogP contribution is -2.50. The monoisotopic (exact) mass is 518 g/mol. The average molecular weight is 518 g/mol. The zero-order valence-electron chi connectivity index (χ0n) is 18.5. The Morgan fingerprint density at radius 2 is 2.14 bits per heavy atom. The van der Waals surface area contributed by atoms with Gasteiger partial charge in [0.05, 0.1) is 31.6 Å². The number of nitrogens with zero attached hydrogens (tertiary/aromatic N) is 5. The fourth-order valence-electron chi connectivity index (χ4n) is 4.28. The molecule has 2 aliphatic heterocycles. The molecule has 1 aromatic rings. The Morgan fingerprint density at radius 3 is 2.83 bits per heavy atom. The van der Waals surface area contributed by atoms with E-state index >= 15 is 0 Å². The summed E-state index contributed by atoms with van der Waals surface area (Å²) in [6.07, 6.45) is 7.24. The summed E-state index contributed by atoms with van der Waals surface area (Å²) in [6.45, 7) is 16.6. The normalized spacial score (nSPS) is 26.4. The number of morpholine rings is 1. The van der Waals surface area contributed by atoms with E-state index in [-0.39, 0.29) is 30.1 Å². The maximum Gasteiger partial charge on any atom is 0.194 e. The van der Waals surface area contributed by atoms with Crippen molar-refractivity contribution in [1.29, 1.82) is 0 Å². The van der Waals surface area contributed by atoms with Crippen LogP contribution in [0.3, 0.4) is 0 Å². The fraction of sp³-hybridized carbons (Fsp3) is 0.810. The number of halogens is 1. The average Bonchev–Trinajstić information content (AvgIpc) is 3.20. The quantitative estimate of drug-likeness (QED) is 0.357. The minimum atomic E-state index is 0. The summed E-state index contributed by atoms with van der Waals surface area (Å²) in [5, 5.41) is 3.50. The molecule has 3 heterocycles. The Balaban J connectivity index is 0.00000300. The summed E-state index contributed by atoms with van der Waals surface area (Å²) in [6, 6.07) is 0.438. The molecule has 0 radical (unpaired) electrons. The molecule has 0 aliphatic carbocycles. The lowest BCUT2D eigenvalue weighted by atomic mass is 9.93. The van der Waals surface area contributed by atoms with Crippen LogP contribution in [-0.4, -0.2) is 83.8 Å². The molecule has 0 aromatic carbocycles. The minimum Gasteiger partial charge on any atom is -0.374 e. The Labute approximate surface area is 193 Å². The second-order valence-electron chi connectivity index (χ2n) is 8.63. The van der Waals surface area contributed by atoms with E-state index in [4.69, 9.17) is 9.73 Å². The number of nitrogens with one attached hydrogen (secondary N) is 1. The first-order valence-electron chi connectivity index (χ1n) is 10.9. The van der Waals surface area contributed by atoms with Crippen LogP contribution >= 0.6 is 24.0 Å². The molecule has 0 saturated carbocycles. The highest BCUT2D eigenvalue weighted by Crippen LogP contribution is 2.27. The lowest BCUT2D eigenvalue weighted by molar-refractivity contribution is -0.0263. The number of rotatable bonds is 6. The van der Waals surface area contributed by atoms with Crippen LogP contribution in [0, 0.1) is 11.8 Å². The molecule has 2 fully saturated rings. The summed E-state index contributed by atoms with van der Waals surface area (Å²) < 4.78 is 8.24. The summed E-state index contributed by atoms with van der Waals surface area (Å²) in [7, 11) is 0. The van der Waals surface area contributed by atoms with E-state index in [1.165, 1.54) is 0 Å². The van der Waals surface area contributed by atoms with Crippen molar-refractivity contribution >= 4 is 29.9 Å². The number of aliphatic imine (C=N–C) groups is 1. The molecular formula is C21H39IN6O. The van der Waals surface area contributed by atoms with Crippen molar-refractivity contribution in [3.63, 3.8) is 0 Å². The SMILES string of the molecule is CCNC(=NCC1CN(CC(C)C)CCO1)N1CCC(C)C(n2ccnc2)C1.I. The zero-order chi connectivity index (χ0) is 19.9. The van der Waals surface area contributed by atoms with E-state index in [0.29, 0.717) is 17.9 Å². The van der Waals surface area contributed by atoms with Gasteiger partial charge in [-0.3, -0.25) is 9.89 Å². The van der Waals surface area contributed by atoms with E-state index in [0.717, 1.165) is 64.8 Å². The summed E-state index contributed by atoms with van der Waals surface area (Å²) >= 11 is 0. The number of aromatic nitrogens is 2. The van der Waals surface area contributed by atoms with Gasteiger partial charge in [0.1, 0.15) is 0 Å². The molecule has 7 nitrogen and oxygen atoms in total. The molecule has 2 saturated heterocycles. The highest BCUT2D eigenvalue weighted by atomic mass is 127. The largest absolute Gasteiger partial charge is 0.374 e. The van der Waals surface area contributed by atoms with Crippen LogP contribution in [0.4, 0.5) is 0 Å². The number of hydrogen-bond acceptors (Lipinski definition) is 4. The summed E-state index contributed by atoms with van der Waals surface area (Å²) in [5.74, 6) is 2.35. The number of ether oxygens (including phenoxy) is 1. The van der Waals surface area contributed by atoms with E-state index in [9.17, 15) is 0 Å². The first-order chi connectivity index (χ1) is 13.6. The second-order valence-corrected chi connectivity index (χ2v) is 8.63. The Bertz CT molecular complexity index is 608. The smallest absolute Gasteiger partial charge is 0.194 e. The fourth-order valence-corrected chi connectivity index (χ4v) is 4.28. The standard InChI is InChI=1S/C21H38N6O.HI/c1-5-23-21(24-12-19-14-25(10-11-28-19)13-17(2)3)26-8-6-18(4)20(15-26)27-9-7-22-16-27;/h7,9,16-20H,5-6,8,10-15H2,1-4H3,(H,23,24);1H. The van der Waals surface area contributed by atoms with Gasteiger partial charge < -0.3 is 19.5 Å². The third-order valence-electron chi connectivity index (χ3n) is 5.75. The molecule has 3 unspecified atom stereocenters. The topological polar surface area (TPSA) is 57.9 Å². The van der Waals surface area contributed by atoms with Gasteiger partial charge in [-0.25, -0.2) is 4.98 Å². The molecule has 1 aromatic heterocycles. The summed E-state index contributed by atoms with van der Waals surface area (Å²) in [5.41, 5.74) is 0. The predicted molar refractivity (Wildman–Crippen MR) is 129 cm³/mol. The molecule has 0 bridgehead atoms. The van der Waals surface area contributed by atoms with Crippen LogP contribution < -0.4 is 5.32 Å². The minimum absolute atomic E-state index is 0. The van der Waals surface area contributed by atoms with Crippen molar-refractivity contribution in [2.45, 2.75) is 46.3 Å². The number of hydrogen-bond donors (Lipinski definition) is 1. The molecule has 0 spiro atoms. The highest BCUT2D eigenvalue weighted by Gasteiger charge is 2.29. The van der Waals surface area contributed by atoms with Gasteiger partial charge in [0, 0.05) is 51.7 Å². The molecule has 29 heavy (non-hydrogen) atoms. The second kappa shape index (κ2) is 12.1. The molecule has 166 valence electrons. The van der Waals surface area contributed by atoms with Crippen molar-refractivity contribution in [3.8, 4) is 0 Å². The van der Waals surface area contributed by atoms with Gasteiger partial charge in [-0.05, 0) is 25.2 Å². The number of likely N-dealkylation sites (tertiary alicyclic amines) is 1. The van der Waals surface area contributed by atoms with Crippen molar-refractivity contribution in [3.05, 3.63) is 18.7 Å². The van der Waals surface area contributed by atoms with Crippen LogP contribution in [0.25, 0.3) is 0 Å². The van der Waals surface area contributed by atoms with Gasteiger partial charge in [-0.1, -0.05) is 20.8 Å². The van der Waals surface area contributed by atoms with Crippen molar-refractivity contribution in [2.75, 3.05) is 52.4 Å². The van der Waals surface area contributed by atoms with Gasteiger partial charge in [0.25, 0.3) is 0 Å². The van der Waals surface area contributed by atoms with Crippen molar-refractivity contribution < 1.29 is 4.74 Å². The van der Waals surface area contributed by atoms with E-state index in [1.807, 2.05) is 12.5 Å². The Kier molecular flexibility index (Phi) is 10.2. The number of imidazole rings is 1. The van der Waals surface area contributed by atoms with Crippen LogP contribution in [0.5, 0.6) is 0 Å². The lowest BCUT2D eigenvalue weighted by Gasteiger charge is -2.39. The number of piperidine rings is 1.